The van der Waals surface area contributed by atoms with Gasteiger partial charge in [-0.05, 0) is 35.8 Å². The van der Waals surface area contributed by atoms with Crippen LogP contribution in [0.4, 0.5) is 0 Å². The number of carbonyl (C=O) groups is 1. The summed E-state index contributed by atoms with van der Waals surface area (Å²) in [6, 6.07) is 28.7. The second-order valence-corrected chi connectivity index (χ2v) is 8.78. The van der Waals surface area contributed by atoms with Gasteiger partial charge in [-0.1, -0.05) is 84.9 Å². The lowest BCUT2D eigenvalue weighted by Crippen LogP contribution is -2.47. The summed E-state index contributed by atoms with van der Waals surface area (Å²) in [7, 11) is 0. The molecule has 0 aromatic heterocycles. The highest BCUT2D eigenvalue weighted by Crippen LogP contribution is 2.56. The molecule has 0 N–H and O–H groups in total. The Bertz CT molecular complexity index is 1080. The first-order chi connectivity index (χ1) is 14.3. The number of aliphatic imine (C=N–C) groups is 1. The molecule has 3 aromatic carbocycles. The number of hydrogen-bond donors (Lipinski definition) is 0. The molecule has 1 unspecified atom stereocenters. The Balaban J connectivity index is 1.72. The standard InChI is InChI=1S/C26H23NOS/c1-29-25-22(19-11-4-2-5-12-19)27-23(20-13-6-3-7-14-20)26(25)17-16-18-10-8-9-15-21(18)24(26)28/h2-15,23,25H,16-17H2,1H3/t23-,25-,26?/m1/s1. The van der Waals surface area contributed by atoms with Gasteiger partial charge < -0.3 is 0 Å². The number of ketones is 1. The fourth-order valence-electron chi connectivity index (χ4n) is 5.05. The molecule has 0 fully saturated rings. The van der Waals surface area contributed by atoms with Gasteiger partial charge >= 0.3 is 0 Å². The molecule has 144 valence electrons. The molecule has 2 aliphatic rings. The summed E-state index contributed by atoms with van der Waals surface area (Å²) in [4.78, 5) is 19.3. The predicted octanol–water partition coefficient (Wildman–Crippen LogP) is 5.78. The molecule has 2 nitrogen and oxygen atoms in total. The molecule has 1 spiro atoms. The van der Waals surface area contributed by atoms with Crippen LogP contribution < -0.4 is 0 Å². The second-order valence-electron chi connectivity index (χ2n) is 7.84. The number of fused-ring (bicyclic) bond motifs is 1. The van der Waals surface area contributed by atoms with Gasteiger partial charge in [-0.2, -0.15) is 11.8 Å². The van der Waals surface area contributed by atoms with Gasteiger partial charge in [-0.15, -0.1) is 0 Å². The Morgan fingerprint density at radius 1 is 0.897 bits per heavy atom. The van der Waals surface area contributed by atoms with E-state index in [2.05, 4.69) is 60.9 Å². The maximum Gasteiger partial charge on any atom is 0.173 e. The van der Waals surface area contributed by atoms with Crippen LogP contribution in [-0.4, -0.2) is 23.0 Å². The van der Waals surface area contributed by atoms with E-state index in [0.717, 1.165) is 35.2 Å². The van der Waals surface area contributed by atoms with Crippen molar-refractivity contribution in [3.05, 3.63) is 107 Å². The van der Waals surface area contributed by atoms with Crippen molar-refractivity contribution in [1.29, 1.82) is 0 Å². The van der Waals surface area contributed by atoms with E-state index in [4.69, 9.17) is 4.99 Å². The van der Waals surface area contributed by atoms with Crippen LogP contribution in [-0.2, 0) is 6.42 Å². The molecule has 0 saturated heterocycles. The van der Waals surface area contributed by atoms with E-state index in [1.54, 1.807) is 11.8 Å². The number of hydrogen-bond acceptors (Lipinski definition) is 3. The maximum atomic E-state index is 14.1. The molecule has 3 atom stereocenters. The van der Waals surface area contributed by atoms with Crippen molar-refractivity contribution in [1.82, 2.24) is 0 Å². The third-order valence-corrected chi connectivity index (χ3v) is 7.50. The number of nitrogens with zero attached hydrogens (tertiary/aromatic N) is 1. The molecule has 0 saturated carbocycles. The van der Waals surface area contributed by atoms with Crippen LogP contribution in [0.15, 0.2) is 89.9 Å². The summed E-state index contributed by atoms with van der Waals surface area (Å²) in [5, 5.41) is 0.0379. The summed E-state index contributed by atoms with van der Waals surface area (Å²) in [5.74, 6) is 0.252. The zero-order chi connectivity index (χ0) is 19.8. The van der Waals surface area contributed by atoms with E-state index >= 15 is 0 Å². The lowest BCUT2D eigenvalue weighted by Gasteiger charge is -2.41. The average Bonchev–Trinajstić information content (AvgIpc) is 3.12. The highest BCUT2D eigenvalue weighted by atomic mass is 32.2. The van der Waals surface area contributed by atoms with Gasteiger partial charge in [0.1, 0.15) is 0 Å². The first kappa shape index (κ1) is 18.4. The fraction of sp³-hybridized carbons (Fsp3) is 0.231. The number of carbonyl (C=O) groups excluding carboxylic acids is 1. The van der Waals surface area contributed by atoms with Crippen LogP contribution in [0.2, 0.25) is 0 Å². The molecular weight excluding hydrogens is 374 g/mol. The van der Waals surface area contributed by atoms with E-state index in [1.807, 2.05) is 30.3 Å². The summed E-state index contributed by atoms with van der Waals surface area (Å²) in [5.41, 5.74) is 4.81. The Labute approximate surface area is 176 Å². The van der Waals surface area contributed by atoms with Crippen LogP contribution in [0.5, 0.6) is 0 Å². The van der Waals surface area contributed by atoms with Crippen molar-refractivity contribution in [3.8, 4) is 0 Å². The lowest BCUT2D eigenvalue weighted by atomic mass is 9.63. The fourth-order valence-corrected chi connectivity index (χ4v) is 6.24. The Kier molecular flexibility index (Phi) is 4.63. The molecule has 3 heteroatoms. The van der Waals surface area contributed by atoms with Crippen LogP contribution in [0.25, 0.3) is 0 Å². The quantitative estimate of drug-likeness (QED) is 0.561. The molecule has 29 heavy (non-hydrogen) atoms. The Hall–Kier alpha value is -2.65. The first-order valence-corrected chi connectivity index (χ1v) is 11.4. The molecule has 1 aliphatic carbocycles. The van der Waals surface area contributed by atoms with Crippen LogP contribution >= 0.6 is 11.8 Å². The highest BCUT2D eigenvalue weighted by molar-refractivity contribution is 8.00. The number of rotatable bonds is 3. The monoisotopic (exact) mass is 397 g/mol. The van der Waals surface area contributed by atoms with Crippen molar-refractivity contribution in [3.63, 3.8) is 0 Å². The summed E-state index contributed by atoms with van der Waals surface area (Å²) < 4.78 is 0. The van der Waals surface area contributed by atoms with Crippen molar-refractivity contribution < 1.29 is 4.79 Å². The zero-order valence-electron chi connectivity index (χ0n) is 16.4. The number of Topliss-reactive ketones (excluding diaryl/α,β-unsaturated/α-hetero) is 1. The van der Waals surface area contributed by atoms with E-state index in [-0.39, 0.29) is 17.1 Å². The molecule has 0 radical (unpaired) electrons. The molecule has 1 heterocycles. The number of benzene rings is 3. The average molecular weight is 398 g/mol. The topological polar surface area (TPSA) is 29.4 Å². The first-order valence-electron chi connectivity index (χ1n) is 10.1. The zero-order valence-corrected chi connectivity index (χ0v) is 17.2. The minimum Gasteiger partial charge on any atom is -0.293 e. The SMILES string of the molecule is CS[C@@H]1C(c2ccccc2)=N[C@H](c2ccccc2)C12CCc1ccccc1C2=O. The van der Waals surface area contributed by atoms with E-state index in [0.29, 0.717) is 0 Å². The molecule has 3 aromatic rings. The van der Waals surface area contributed by atoms with Crippen molar-refractivity contribution in [2.75, 3.05) is 6.26 Å². The molecule has 1 aliphatic heterocycles. The van der Waals surface area contributed by atoms with Gasteiger partial charge in [-0.25, -0.2) is 0 Å². The smallest absolute Gasteiger partial charge is 0.173 e. The molecule has 5 rings (SSSR count). The summed E-state index contributed by atoms with van der Waals surface area (Å²) in [6.45, 7) is 0. The predicted molar refractivity (Wildman–Crippen MR) is 121 cm³/mol. The van der Waals surface area contributed by atoms with E-state index in [9.17, 15) is 4.79 Å². The van der Waals surface area contributed by atoms with E-state index < -0.39 is 5.41 Å². The van der Waals surface area contributed by atoms with Gasteiger partial charge in [0.15, 0.2) is 5.78 Å². The Morgan fingerprint density at radius 2 is 1.55 bits per heavy atom. The lowest BCUT2D eigenvalue weighted by molar-refractivity contribution is 0.0743. The minimum absolute atomic E-state index is 0.0379. The van der Waals surface area contributed by atoms with Crippen molar-refractivity contribution in [2.24, 2.45) is 10.4 Å². The normalized spacial score (nSPS) is 25.7. The van der Waals surface area contributed by atoms with Crippen LogP contribution in [0.1, 0.15) is 39.5 Å². The van der Waals surface area contributed by atoms with Crippen LogP contribution in [0, 0.1) is 5.41 Å². The molecule has 0 amide bonds. The number of thioether (sulfide) groups is 1. The second kappa shape index (κ2) is 7.31. The number of aryl methyl sites for hydroxylation is 1. The molecule has 0 bridgehead atoms. The van der Waals surface area contributed by atoms with Gasteiger partial charge in [0.25, 0.3) is 0 Å². The maximum absolute atomic E-state index is 14.1. The summed E-state index contributed by atoms with van der Waals surface area (Å²) >= 11 is 1.77. The van der Waals surface area contributed by atoms with Gasteiger partial charge in [0.05, 0.1) is 22.4 Å². The van der Waals surface area contributed by atoms with Gasteiger partial charge in [0, 0.05) is 5.56 Å². The van der Waals surface area contributed by atoms with Crippen LogP contribution in [0.3, 0.4) is 0 Å². The van der Waals surface area contributed by atoms with Crippen molar-refractivity contribution >= 4 is 23.3 Å². The largest absolute Gasteiger partial charge is 0.293 e. The Morgan fingerprint density at radius 3 is 2.28 bits per heavy atom. The highest BCUT2D eigenvalue weighted by Gasteiger charge is 2.59. The molecular formula is C26H23NOS. The van der Waals surface area contributed by atoms with Gasteiger partial charge in [0.2, 0.25) is 0 Å². The van der Waals surface area contributed by atoms with Gasteiger partial charge in [-0.3, -0.25) is 9.79 Å². The van der Waals surface area contributed by atoms with E-state index in [1.165, 1.54) is 5.56 Å². The third kappa shape index (κ3) is 2.79. The summed E-state index contributed by atoms with van der Waals surface area (Å²) in [6.07, 6.45) is 3.86. The minimum atomic E-state index is -0.541. The third-order valence-electron chi connectivity index (χ3n) is 6.39. The van der Waals surface area contributed by atoms with Crippen molar-refractivity contribution in [2.45, 2.75) is 24.1 Å².